The number of hydrogen-bond donors (Lipinski definition) is 0. The minimum Gasteiger partial charge on any atom is -0.461 e. The molecule has 0 spiro atoms. The molecule has 0 saturated carbocycles. The van der Waals surface area contributed by atoms with E-state index < -0.39 is 0 Å². The van der Waals surface area contributed by atoms with Crippen LogP contribution in [0.4, 0.5) is 0 Å². The van der Waals surface area contributed by atoms with Crippen molar-refractivity contribution in [2.45, 2.75) is 65.2 Å². The third kappa shape index (κ3) is 3.39. The van der Waals surface area contributed by atoms with Gasteiger partial charge < -0.3 is 8.83 Å². The number of rotatable bonds is 8. The van der Waals surface area contributed by atoms with Crippen LogP contribution in [0.2, 0.25) is 0 Å². The van der Waals surface area contributed by atoms with E-state index in [-0.39, 0.29) is 0 Å². The van der Waals surface area contributed by atoms with Gasteiger partial charge in [0.15, 0.2) is 0 Å². The second kappa shape index (κ2) is 8.18. The molecule has 0 aliphatic heterocycles. The Balaban J connectivity index is 1.59. The lowest BCUT2D eigenvalue weighted by Crippen LogP contribution is -1.81. The summed E-state index contributed by atoms with van der Waals surface area (Å²) in [5.41, 5.74) is 1.99. The van der Waals surface area contributed by atoms with Gasteiger partial charge in [-0.25, -0.2) is 0 Å². The highest BCUT2D eigenvalue weighted by atomic mass is 16.3. The monoisotopic (exact) mass is 398 g/mol. The molecule has 30 heavy (non-hydrogen) atoms. The second-order valence-electron chi connectivity index (χ2n) is 8.55. The Morgan fingerprint density at radius 2 is 0.900 bits per heavy atom. The lowest BCUT2D eigenvalue weighted by molar-refractivity contribution is 0.531. The molecule has 0 bridgehead atoms. The van der Waals surface area contributed by atoms with Crippen LogP contribution < -0.4 is 0 Å². The van der Waals surface area contributed by atoms with Gasteiger partial charge in [-0.1, -0.05) is 63.8 Å². The lowest BCUT2D eigenvalue weighted by Gasteiger charge is -2.05. The van der Waals surface area contributed by atoms with Crippen molar-refractivity contribution in [3.8, 4) is 0 Å². The average Bonchev–Trinajstić information content (AvgIpc) is 3.37. The van der Waals surface area contributed by atoms with Crippen LogP contribution in [0.15, 0.2) is 57.4 Å². The first-order chi connectivity index (χ1) is 14.8. The van der Waals surface area contributed by atoms with Crippen LogP contribution in [0.5, 0.6) is 0 Å². The number of aryl methyl sites for hydroxylation is 2. The Bertz CT molecular complexity index is 1220. The maximum atomic E-state index is 6.14. The molecule has 0 aliphatic rings. The highest BCUT2D eigenvalue weighted by molar-refractivity contribution is 6.21. The van der Waals surface area contributed by atoms with Gasteiger partial charge >= 0.3 is 0 Å². The molecule has 154 valence electrons. The summed E-state index contributed by atoms with van der Waals surface area (Å²) in [4.78, 5) is 0. The van der Waals surface area contributed by atoms with Gasteiger partial charge in [-0.05, 0) is 58.7 Å². The molecular formula is C28H30O2. The van der Waals surface area contributed by atoms with E-state index in [9.17, 15) is 0 Å². The van der Waals surface area contributed by atoms with Crippen molar-refractivity contribution in [1.29, 1.82) is 0 Å². The minimum atomic E-state index is 0.996. The number of unbranched alkanes of at least 4 members (excludes halogenated alkanes) is 4. The molecule has 5 aromatic rings. The summed E-state index contributed by atoms with van der Waals surface area (Å²) < 4.78 is 12.3. The maximum Gasteiger partial charge on any atom is 0.134 e. The van der Waals surface area contributed by atoms with Crippen LogP contribution in [0.25, 0.3) is 43.5 Å². The van der Waals surface area contributed by atoms with Crippen LogP contribution in [-0.4, -0.2) is 0 Å². The number of furan rings is 2. The van der Waals surface area contributed by atoms with Gasteiger partial charge in [0.1, 0.15) is 22.7 Å². The third-order valence-corrected chi connectivity index (χ3v) is 6.35. The van der Waals surface area contributed by atoms with Gasteiger partial charge in [0.05, 0.1) is 0 Å². The zero-order chi connectivity index (χ0) is 20.5. The van der Waals surface area contributed by atoms with Crippen LogP contribution >= 0.6 is 0 Å². The molecule has 2 nitrogen and oxygen atoms in total. The van der Waals surface area contributed by atoms with Gasteiger partial charge in [-0.2, -0.15) is 0 Å². The molecule has 0 aliphatic carbocycles. The topological polar surface area (TPSA) is 26.3 Å². The maximum absolute atomic E-state index is 6.14. The summed E-state index contributed by atoms with van der Waals surface area (Å²) in [7, 11) is 0. The predicted octanol–water partition coefficient (Wildman–Crippen LogP) is 8.95. The normalized spacial score (nSPS) is 12.1. The van der Waals surface area contributed by atoms with E-state index in [1.807, 2.05) is 0 Å². The van der Waals surface area contributed by atoms with Gasteiger partial charge in [-0.3, -0.25) is 0 Å². The van der Waals surface area contributed by atoms with Crippen molar-refractivity contribution in [3.05, 3.63) is 60.1 Å². The molecular weight excluding hydrogens is 368 g/mol. The van der Waals surface area contributed by atoms with Crippen molar-refractivity contribution in [1.82, 2.24) is 0 Å². The number of hydrogen-bond acceptors (Lipinski definition) is 2. The zero-order valence-electron chi connectivity index (χ0n) is 18.1. The van der Waals surface area contributed by atoms with Crippen molar-refractivity contribution in [3.63, 3.8) is 0 Å². The standard InChI is InChI=1S/C28H30O2/c1-3-5-7-9-19-17-25-23-11-12-24-22(21(23)13-15-27(25)29-19)14-16-28-26(24)18-20(30-28)10-8-6-4-2/h11-18H,3-10H2,1-2H3. The summed E-state index contributed by atoms with van der Waals surface area (Å²) in [5.74, 6) is 2.21. The summed E-state index contributed by atoms with van der Waals surface area (Å²) >= 11 is 0. The molecule has 0 fully saturated rings. The van der Waals surface area contributed by atoms with E-state index in [1.165, 1.54) is 70.8 Å². The highest BCUT2D eigenvalue weighted by Gasteiger charge is 2.13. The first kappa shape index (κ1) is 19.2. The number of benzene rings is 3. The van der Waals surface area contributed by atoms with Gasteiger partial charge in [-0.15, -0.1) is 0 Å². The molecule has 2 aromatic heterocycles. The molecule has 0 atom stereocenters. The number of fused-ring (bicyclic) bond motifs is 7. The van der Waals surface area contributed by atoms with Crippen LogP contribution in [-0.2, 0) is 12.8 Å². The summed E-state index contributed by atoms with van der Waals surface area (Å²) in [6, 6.07) is 17.7. The summed E-state index contributed by atoms with van der Waals surface area (Å²) in [5, 5.41) is 7.59. The second-order valence-corrected chi connectivity index (χ2v) is 8.55. The minimum absolute atomic E-state index is 0.996. The quantitative estimate of drug-likeness (QED) is 0.192. The molecule has 3 aromatic carbocycles. The molecule has 0 saturated heterocycles. The van der Waals surface area contributed by atoms with Gasteiger partial charge in [0, 0.05) is 23.6 Å². The van der Waals surface area contributed by atoms with Crippen LogP contribution in [0, 0.1) is 0 Å². The van der Waals surface area contributed by atoms with Gasteiger partial charge in [0.25, 0.3) is 0 Å². The molecule has 2 heterocycles. The van der Waals surface area contributed by atoms with Crippen LogP contribution in [0.3, 0.4) is 0 Å². The fourth-order valence-corrected chi connectivity index (χ4v) is 4.71. The van der Waals surface area contributed by atoms with Crippen molar-refractivity contribution in [2.75, 3.05) is 0 Å². The highest BCUT2D eigenvalue weighted by Crippen LogP contribution is 2.37. The van der Waals surface area contributed by atoms with Crippen molar-refractivity contribution >= 4 is 43.5 Å². The van der Waals surface area contributed by atoms with E-state index in [1.54, 1.807) is 0 Å². The third-order valence-electron chi connectivity index (χ3n) is 6.35. The van der Waals surface area contributed by atoms with E-state index in [4.69, 9.17) is 8.83 Å². The Morgan fingerprint density at radius 1 is 0.500 bits per heavy atom. The average molecular weight is 399 g/mol. The van der Waals surface area contributed by atoms with E-state index in [0.29, 0.717) is 0 Å². The fourth-order valence-electron chi connectivity index (χ4n) is 4.71. The largest absolute Gasteiger partial charge is 0.461 e. The van der Waals surface area contributed by atoms with Crippen molar-refractivity contribution < 1.29 is 8.83 Å². The Morgan fingerprint density at radius 3 is 1.33 bits per heavy atom. The zero-order valence-corrected chi connectivity index (χ0v) is 18.1. The molecule has 0 unspecified atom stereocenters. The Hall–Kier alpha value is -2.74. The molecule has 5 rings (SSSR count). The molecule has 0 amide bonds. The molecule has 0 N–H and O–H groups in total. The SMILES string of the molecule is CCCCCc1cc2c(ccc3c2ccc2c4cc(CCCCC)oc4ccc23)o1. The van der Waals surface area contributed by atoms with E-state index >= 15 is 0 Å². The smallest absolute Gasteiger partial charge is 0.134 e. The van der Waals surface area contributed by atoms with E-state index in [0.717, 1.165) is 35.5 Å². The Kier molecular flexibility index (Phi) is 5.25. The van der Waals surface area contributed by atoms with Crippen LogP contribution in [0.1, 0.15) is 63.9 Å². The van der Waals surface area contributed by atoms with E-state index in [2.05, 4.69) is 62.4 Å². The molecule has 2 heteroatoms. The predicted molar refractivity (Wildman–Crippen MR) is 127 cm³/mol. The van der Waals surface area contributed by atoms with Crippen molar-refractivity contribution in [2.24, 2.45) is 0 Å². The fraction of sp³-hybridized carbons (Fsp3) is 0.357. The first-order valence-corrected chi connectivity index (χ1v) is 11.6. The summed E-state index contributed by atoms with van der Waals surface area (Å²) in [6.07, 6.45) is 9.40. The lowest BCUT2D eigenvalue weighted by atomic mass is 9.97. The Labute approximate surface area is 177 Å². The van der Waals surface area contributed by atoms with Gasteiger partial charge in [0.2, 0.25) is 0 Å². The molecule has 0 radical (unpaired) electrons. The summed E-state index contributed by atoms with van der Waals surface area (Å²) in [6.45, 7) is 4.48. The first-order valence-electron chi connectivity index (χ1n) is 11.6.